The van der Waals surface area contributed by atoms with Crippen LogP contribution in [0.1, 0.15) is 23.0 Å². The van der Waals surface area contributed by atoms with Gasteiger partial charge in [0.25, 0.3) is 5.91 Å². The fourth-order valence-corrected chi connectivity index (χ4v) is 2.42. The molecule has 3 rings (SSSR count). The second kappa shape index (κ2) is 7.09. The number of carbonyl (C=O) groups excluding carboxylic acids is 2. The number of pyridine rings is 2. The van der Waals surface area contributed by atoms with Crippen molar-refractivity contribution in [2.75, 3.05) is 5.32 Å². The highest BCUT2D eigenvalue weighted by atomic mass is 16.5. The first-order chi connectivity index (χ1) is 12.0. The summed E-state index contributed by atoms with van der Waals surface area (Å²) in [7, 11) is 0. The van der Waals surface area contributed by atoms with E-state index < -0.39 is 18.0 Å². The number of carbonyl (C=O) groups is 2. The van der Waals surface area contributed by atoms with E-state index in [1.54, 1.807) is 6.07 Å². The average molecular weight is 335 g/mol. The van der Waals surface area contributed by atoms with Crippen LogP contribution in [0.5, 0.6) is 0 Å². The van der Waals surface area contributed by atoms with Crippen LogP contribution in [0.15, 0.2) is 54.9 Å². The molecule has 3 aromatic rings. The molecular weight excluding hydrogens is 318 g/mol. The predicted octanol–water partition coefficient (Wildman–Crippen LogP) is 3.12. The van der Waals surface area contributed by atoms with Gasteiger partial charge in [-0.15, -0.1) is 0 Å². The summed E-state index contributed by atoms with van der Waals surface area (Å²) in [4.78, 5) is 32.7. The number of hydrogen-bond donors (Lipinski definition) is 1. The monoisotopic (exact) mass is 335 g/mol. The Hall–Kier alpha value is -3.28. The lowest BCUT2D eigenvalue weighted by atomic mass is 10.1. The number of aryl methyl sites for hydroxylation is 1. The lowest BCUT2D eigenvalue weighted by Gasteiger charge is -2.15. The number of esters is 1. The van der Waals surface area contributed by atoms with E-state index in [0.29, 0.717) is 11.3 Å². The first-order valence-corrected chi connectivity index (χ1v) is 7.83. The third-order valence-electron chi connectivity index (χ3n) is 3.67. The molecule has 0 radical (unpaired) electrons. The van der Waals surface area contributed by atoms with Crippen LogP contribution < -0.4 is 5.32 Å². The van der Waals surface area contributed by atoms with Gasteiger partial charge in [-0.3, -0.25) is 14.8 Å². The van der Waals surface area contributed by atoms with Gasteiger partial charge in [-0.05, 0) is 38.1 Å². The molecular formula is C19H17N3O3. The van der Waals surface area contributed by atoms with Gasteiger partial charge >= 0.3 is 5.97 Å². The average Bonchev–Trinajstić information content (AvgIpc) is 2.62. The number of nitrogens with zero attached hydrogens (tertiary/aromatic N) is 2. The summed E-state index contributed by atoms with van der Waals surface area (Å²) >= 11 is 0. The van der Waals surface area contributed by atoms with Crippen molar-refractivity contribution in [1.29, 1.82) is 0 Å². The SMILES string of the molecule is Cc1cc(NC(=O)C(C)OC(=O)c2ccncc2)c2ccccc2n1. The van der Waals surface area contributed by atoms with Gasteiger partial charge in [-0.2, -0.15) is 0 Å². The third kappa shape index (κ3) is 3.80. The van der Waals surface area contributed by atoms with E-state index in [0.717, 1.165) is 16.6 Å². The fourth-order valence-electron chi connectivity index (χ4n) is 2.42. The molecule has 6 heteroatoms. The van der Waals surface area contributed by atoms with E-state index in [1.165, 1.54) is 31.5 Å². The van der Waals surface area contributed by atoms with Gasteiger partial charge < -0.3 is 10.1 Å². The highest BCUT2D eigenvalue weighted by molar-refractivity contribution is 6.03. The van der Waals surface area contributed by atoms with Crippen molar-refractivity contribution < 1.29 is 14.3 Å². The van der Waals surface area contributed by atoms with Gasteiger partial charge in [0.15, 0.2) is 6.10 Å². The molecule has 0 aliphatic carbocycles. The van der Waals surface area contributed by atoms with Crippen LogP contribution in [0.3, 0.4) is 0 Å². The number of benzene rings is 1. The quantitative estimate of drug-likeness (QED) is 0.741. The zero-order valence-electron chi connectivity index (χ0n) is 13.9. The van der Waals surface area contributed by atoms with E-state index in [1.807, 2.05) is 31.2 Å². The fraction of sp³-hybridized carbons (Fsp3) is 0.158. The number of aromatic nitrogens is 2. The summed E-state index contributed by atoms with van der Waals surface area (Å²) in [6.45, 7) is 3.39. The summed E-state index contributed by atoms with van der Waals surface area (Å²) in [5, 5.41) is 3.64. The van der Waals surface area contributed by atoms with E-state index in [2.05, 4.69) is 15.3 Å². The van der Waals surface area contributed by atoms with Gasteiger partial charge in [-0.25, -0.2) is 4.79 Å². The number of ether oxygens (including phenoxy) is 1. The Morgan fingerprint density at radius 1 is 1.12 bits per heavy atom. The summed E-state index contributed by atoms with van der Waals surface area (Å²) in [6.07, 6.45) is 2.05. The highest BCUT2D eigenvalue weighted by Crippen LogP contribution is 2.23. The minimum Gasteiger partial charge on any atom is -0.449 e. The van der Waals surface area contributed by atoms with Crippen molar-refractivity contribution in [2.24, 2.45) is 0 Å². The Morgan fingerprint density at radius 3 is 2.60 bits per heavy atom. The second-order valence-electron chi connectivity index (χ2n) is 5.60. The van der Waals surface area contributed by atoms with E-state index >= 15 is 0 Å². The summed E-state index contributed by atoms with van der Waals surface area (Å²) in [5.74, 6) is -0.973. The molecule has 1 amide bonds. The number of para-hydroxylation sites is 1. The van der Waals surface area contributed by atoms with Gasteiger partial charge in [0.1, 0.15) is 0 Å². The molecule has 0 aliphatic rings. The largest absolute Gasteiger partial charge is 0.449 e. The molecule has 0 bridgehead atoms. The maximum absolute atomic E-state index is 12.4. The number of fused-ring (bicyclic) bond motifs is 1. The Bertz CT molecular complexity index is 926. The van der Waals surface area contributed by atoms with Crippen LogP contribution in [0.2, 0.25) is 0 Å². The number of rotatable bonds is 4. The van der Waals surface area contributed by atoms with Crippen LogP contribution in [0.25, 0.3) is 10.9 Å². The van der Waals surface area contributed by atoms with Crippen molar-refractivity contribution in [3.63, 3.8) is 0 Å². The smallest absolute Gasteiger partial charge is 0.339 e. The van der Waals surface area contributed by atoms with Gasteiger partial charge in [-0.1, -0.05) is 18.2 Å². The normalized spacial score (nSPS) is 11.8. The number of anilines is 1. The molecule has 0 aliphatic heterocycles. The van der Waals surface area contributed by atoms with Crippen LogP contribution in [0, 0.1) is 6.92 Å². The molecule has 0 saturated heterocycles. The zero-order valence-corrected chi connectivity index (χ0v) is 13.9. The molecule has 25 heavy (non-hydrogen) atoms. The Balaban J connectivity index is 1.75. The van der Waals surface area contributed by atoms with Crippen LogP contribution >= 0.6 is 0 Å². The molecule has 2 aromatic heterocycles. The van der Waals surface area contributed by atoms with Crippen molar-refractivity contribution >= 4 is 28.5 Å². The van der Waals surface area contributed by atoms with Gasteiger partial charge in [0, 0.05) is 23.5 Å². The molecule has 0 fully saturated rings. The van der Waals surface area contributed by atoms with Crippen molar-refractivity contribution in [3.8, 4) is 0 Å². The van der Waals surface area contributed by atoms with E-state index in [9.17, 15) is 9.59 Å². The molecule has 1 atom stereocenters. The maximum Gasteiger partial charge on any atom is 0.339 e. The van der Waals surface area contributed by atoms with Crippen molar-refractivity contribution in [3.05, 3.63) is 66.1 Å². The molecule has 6 nitrogen and oxygen atoms in total. The Kier molecular flexibility index (Phi) is 4.70. The summed E-state index contributed by atoms with van der Waals surface area (Å²) in [5.41, 5.74) is 2.56. The predicted molar refractivity (Wildman–Crippen MR) is 94.2 cm³/mol. The van der Waals surface area contributed by atoms with Gasteiger partial charge in [0.2, 0.25) is 0 Å². The number of nitrogens with one attached hydrogen (secondary N) is 1. The molecule has 126 valence electrons. The lowest BCUT2D eigenvalue weighted by Crippen LogP contribution is -2.30. The molecule has 1 unspecified atom stereocenters. The van der Waals surface area contributed by atoms with E-state index in [4.69, 9.17) is 4.74 Å². The van der Waals surface area contributed by atoms with Gasteiger partial charge in [0.05, 0.1) is 16.8 Å². The second-order valence-corrected chi connectivity index (χ2v) is 5.60. The molecule has 1 N–H and O–H groups in total. The highest BCUT2D eigenvalue weighted by Gasteiger charge is 2.20. The van der Waals surface area contributed by atoms with E-state index in [-0.39, 0.29) is 0 Å². The lowest BCUT2D eigenvalue weighted by molar-refractivity contribution is -0.123. The molecule has 1 aromatic carbocycles. The topological polar surface area (TPSA) is 81.2 Å². The van der Waals surface area contributed by atoms with Crippen LogP contribution in [-0.2, 0) is 9.53 Å². The molecule has 0 spiro atoms. The number of hydrogen-bond acceptors (Lipinski definition) is 5. The molecule has 2 heterocycles. The summed E-state index contributed by atoms with van der Waals surface area (Å²) < 4.78 is 5.22. The van der Waals surface area contributed by atoms with Crippen molar-refractivity contribution in [2.45, 2.75) is 20.0 Å². The first-order valence-electron chi connectivity index (χ1n) is 7.83. The van der Waals surface area contributed by atoms with Crippen molar-refractivity contribution in [1.82, 2.24) is 9.97 Å². The zero-order chi connectivity index (χ0) is 17.8. The molecule has 0 saturated carbocycles. The van der Waals surface area contributed by atoms with Crippen LogP contribution in [-0.4, -0.2) is 27.9 Å². The standard InChI is InChI=1S/C19H17N3O3/c1-12-11-17(15-5-3-4-6-16(15)21-12)22-18(23)13(2)25-19(24)14-7-9-20-10-8-14/h3-11,13H,1-2H3,(H,21,22,23). The van der Waals surface area contributed by atoms with Crippen LogP contribution in [0.4, 0.5) is 5.69 Å². The first kappa shape index (κ1) is 16.6. The Labute approximate surface area is 144 Å². The maximum atomic E-state index is 12.4. The third-order valence-corrected chi connectivity index (χ3v) is 3.67. The minimum absolute atomic E-state index is 0.347. The Morgan fingerprint density at radius 2 is 1.84 bits per heavy atom. The number of amides is 1. The summed E-state index contributed by atoms with van der Waals surface area (Å²) in [6, 6.07) is 12.4. The minimum atomic E-state index is -0.937.